The van der Waals surface area contributed by atoms with Crippen LogP contribution in [-0.4, -0.2) is 5.78 Å². The molecule has 66 valence electrons. The van der Waals surface area contributed by atoms with Crippen molar-refractivity contribution < 1.29 is 4.79 Å². The lowest BCUT2D eigenvalue weighted by Crippen LogP contribution is -2.25. The first-order valence-electron chi connectivity index (χ1n) is 4.61. The predicted octanol–water partition coefficient (Wildman–Crippen LogP) is 2.26. The number of hydrogen-bond acceptors (Lipinski definition) is 1. The Balaban J connectivity index is 2.53. The fourth-order valence-corrected chi connectivity index (χ4v) is 2.01. The molecule has 1 heteroatoms. The molecule has 3 unspecified atom stereocenters. The summed E-state index contributed by atoms with van der Waals surface area (Å²) < 4.78 is 0. The Morgan fingerprint density at radius 1 is 1.50 bits per heavy atom. The quantitative estimate of drug-likeness (QED) is 0.543. The molecule has 0 aromatic carbocycles. The molecule has 0 heterocycles. The summed E-state index contributed by atoms with van der Waals surface area (Å²) in [4.78, 5) is 11.1. The first-order valence-corrected chi connectivity index (χ1v) is 4.61. The van der Waals surface area contributed by atoms with Crippen LogP contribution in [0.3, 0.4) is 0 Å². The van der Waals surface area contributed by atoms with Crippen LogP contribution >= 0.6 is 0 Å². The first kappa shape index (κ1) is 9.32. The predicted molar refractivity (Wildman–Crippen MR) is 49.5 cm³/mol. The van der Waals surface area contributed by atoms with Crippen molar-refractivity contribution in [2.24, 2.45) is 17.8 Å². The highest BCUT2D eigenvalue weighted by molar-refractivity contribution is 5.78. The van der Waals surface area contributed by atoms with Crippen molar-refractivity contribution in [3.63, 3.8) is 0 Å². The SMILES string of the molecule is C#CC1CCC(C(C)=O)CC1C. The maximum atomic E-state index is 11.1. The molecule has 0 saturated heterocycles. The zero-order valence-electron chi connectivity index (χ0n) is 7.84. The van der Waals surface area contributed by atoms with E-state index in [-0.39, 0.29) is 5.92 Å². The van der Waals surface area contributed by atoms with Crippen LogP contribution < -0.4 is 0 Å². The molecule has 1 saturated carbocycles. The Hall–Kier alpha value is -0.770. The molecule has 0 spiro atoms. The molecule has 0 radical (unpaired) electrons. The molecule has 0 aromatic heterocycles. The summed E-state index contributed by atoms with van der Waals surface area (Å²) in [6.45, 7) is 3.84. The fraction of sp³-hybridized carbons (Fsp3) is 0.727. The van der Waals surface area contributed by atoms with Crippen molar-refractivity contribution in [1.29, 1.82) is 0 Å². The van der Waals surface area contributed by atoms with E-state index in [0.717, 1.165) is 19.3 Å². The van der Waals surface area contributed by atoms with Gasteiger partial charge in [-0.05, 0) is 32.1 Å². The Morgan fingerprint density at radius 3 is 2.58 bits per heavy atom. The smallest absolute Gasteiger partial charge is 0.132 e. The van der Waals surface area contributed by atoms with E-state index >= 15 is 0 Å². The molecule has 0 bridgehead atoms. The van der Waals surface area contributed by atoms with Crippen LogP contribution in [0, 0.1) is 30.1 Å². The highest BCUT2D eigenvalue weighted by atomic mass is 16.1. The third-order valence-electron chi connectivity index (χ3n) is 2.96. The maximum absolute atomic E-state index is 11.1. The molecule has 0 aromatic rings. The molecule has 3 atom stereocenters. The van der Waals surface area contributed by atoms with Crippen LogP contribution in [0.2, 0.25) is 0 Å². The van der Waals surface area contributed by atoms with Gasteiger partial charge in [0, 0.05) is 11.8 Å². The van der Waals surface area contributed by atoms with E-state index in [1.807, 2.05) is 0 Å². The summed E-state index contributed by atoms with van der Waals surface area (Å²) in [5.41, 5.74) is 0. The number of ketones is 1. The van der Waals surface area contributed by atoms with Gasteiger partial charge in [-0.2, -0.15) is 0 Å². The van der Waals surface area contributed by atoms with Crippen molar-refractivity contribution in [2.45, 2.75) is 33.1 Å². The van der Waals surface area contributed by atoms with E-state index in [1.165, 1.54) is 0 Å². The summed E-state index contributed by atoms with van der Waals surface area (Å²) in [7, 11) is 0. The topological polar surface area (TPSA) is 17.1 Å². The molecule has 1 nitrogen and oxygen atoms in total. The van der Waals surface area contributed by atoms with Gasteiger partial charge in [-0.1, -0.05) is 6.92 Å². The van der Waals surface area contributed by atoms with Crippen molar-refractivity contribution in [3.8, 4) is 12.3 Å². The Kier molecular flexibility index (Phi) is 2.92. The highest BCUT2D eigenvalue weighted by Crippen LogP contribution is 2.33. The number of rotatable bonds is 1. The van der Waals surface area contributed by atoms with Gasteiger partial charge in [0.15, 0.2) is 0 Å². The van der Waals surface area contributed by atoms with E-state index in [0.29, 0.717) is 17.6 Å². The van der Waals surface area contributed by atoms with Crippen molar-refractivity contribution in [2.75, 3.05) is 0 Å². The van der Waals surface area contributed by atoms with Gasteiger partial charge in [0.1, 0.15) is 5.78 Å². The van der Waals surface area contributed by atoms with E-state index in [4.69, 9.17) is 6.42 Å². The largest absolute Gasteiger partial charge is 0.300 e. The van der Waals surface area contributed by atoms with Crippen molar-refractivity contribution in [1.82, 2.24) is 0 Å². The fourth-order valence-electron chi connectivity index (χ4n) is 2.01. The van der Waals surface area contributed by atoms with Crippen molar-refractivity contribution in [3.05, 3.63) is 0 Å². The molecular weight excluding hydrogens is 148 g/mol. The van der Waals surface area contributed by atoms with Crippen molar-refractivity contribution >= 4 is 5.78 Å². The third kappa shape index (κ3) is 1.88. The minimum absolute atomic E-state index is 0.282. The summed E-state index contributed by atoms with van der Waals surface area (Å²) in [6, 6.07) is 0. The standard InChI is InChI=1S/C11H16O/c1-4-10-5-6-11(9(3)12)7-8(10)2/h1,8,10-11H,5-7H2,2-3H3. The van der Waals surface area contributed by atoms with Gasteiger partial charge in [0.25, 0.3) is 0 Å². The van der Waals surface area contributed by atoms with Gasteiger partial charge in [-0.25, -0.2) is 0 Å². The molecular formula is C11H16O. The normalized spacial score (nSPS) is 35.6. The van der Waals surface area contributed by atoms with Crippen LogP contribution in [0.25, 0.3) is 0 Å². The molecule has 12 heavy (non-hydrogen) atoms. The Morgan fingerprint density at radius 2 is 2.17 bits per heavy atom. The second-order valence-corrected chi connectivity index (χ2v) is 3.87. The number of carbonyl (C=O) groups is 1. The summed E-state index contributed by atoms with van der Waals surface area (Å²) >= 11 is 0. The first-order chi connectivity index (χ1) is 5.65. The Labute approximate surface area is 74.5 Å². The summed E-state index contributed by atoms with van der Waals surface area (Å²) in [6.07, 6.45) is 8.39. The second kappa shape index (κ2) is 3.76. The molecule has 0 amide bonds. The zero-order valence-corrected chi connectivity index (χ0v) is 7.84. The van der Waals surface area contributed by atoms with Crippen LogP contribution in [0.4, 0.5) is 0 Å². The van der Waals surface area contributed by atoms with Crippen LogP contribution in [0.5, 0.6) is 0 Å². The average Bonchev–Trinajstić information content (AvgIpc) is 2.04. The zero-order chi connectivity index (χ0) is 9.14. The lowest BCUT2D eigenvalue weighted by atomic mass is 9.74. The molecule has 0 aliphatic heterocycles. The van der Waals surface area contributed by atoms with E-state index in [1.54, 1.807) is 6.92 Å². The summed E-state index contributed by atoms with van der Waals surface area (Å²) in [5, 5.41) is 0. The van der Waals surface area contributed by atoms with Crippen LogP contribution in [-0.2, 0) is 4.79 Å². The monoisotopic (exact) mass is 164 g/mol. The highest BCUT2D eigenvalue weighted by Gasteiger charge is 2.28. The maximum Gasteiger partial charge on any atom is 0.132 e. The Bertz CT molecular complexity index is 212. The molecule has 1 aliphatic carbocycles. The van der Waals surface area contributed by atoms with Gasteiger partial charge >= 0.3 is 0 Å². The molecule has 1 aliphatic rings. The van der Waals surface area contributed by atoms with E-state index in [2.05, 4.69) is 12.8 Å². The minimum Gasteiger partial charge on any atom is -0.300 e. The van der Waals surface area contributed by atoms with Crippen LogP contribution in [0.15, 0.2) is 0 Å². The number of Topliss-reactive ketones (excluding diaryl/α,β-unsaturated/α-hetero) is 1. The number of terminal acetylenes is 1. The molecule has 1 rings (SSSR count). The van der Waals surface area contributed by atoms with E-state index < -0.39 is 0 Å². The van der Waals surface area contributed by atoms with E-state index in [9.17, 15) is 4.79 Å². The van der Waals surface area contributed by atoms with Gasteiger partial charge in [-0.15, -0.1) is 12.3 Å². The van der Waals surface area contributed by atoms with Gasteiger partial charge < -0.3 is 0 Å². The van der Waals surface area contributed by atoms with Gasteiger partial charge in [-0.3, -0.25) is 4.79 Å². The van der Waals surface area contributed by atoms with Gasteiger partial charge in [0.05, 0.1) is 0 Å². The third-order valence-corrected chi connectivity index (χ3v) is 2.96. The van der Waals surface area contributed by atoms with Gasteiger partial charge in [0.2, 0.25) is 0 Å². The lowest BCUT2D eigenvalue weighted by molar-refractivity contribution is -0.122. The molecule has 0 N–H and O–H groups in total. The molecule has 1 fully saturated rings. The average molecular weight is 164 g/mol. The summed E-state index contributed by atoms with van der Waals surface area (Å²) in [5.74, 6) is 4.34. The minimum atomic E-state index is 0.282. The van der Waals surface area contributed by atoms with Crippen LogP contribution in [0.1, 0.15) is 33.1 Å². The number of carbonyl (C=O) groups excluding carboxylic acids is 1. The second-order valence-electron chi connectivity index (χ2n) is 3.87. The number of hydrogen-bond donors (Lipinski definition) is 0. The lowest BCUT2D eigenvalue weighted by Gasteiger charge is -2.29.